The van der Waals surface area contributed by atoms with Gasteiger partial charge in [-0.15, -0.1) is 0 Å². The Kier molecular flexibility index (Phi) is 5.36. The summed E-state index contributed by atoms with van der Waals surface area (Å²) in [5.74, 6) is 1.54. The lowest BCUT2D eigenvalue weighted by Gasteiger charge is -2.15. The van der Waals surface area contributed by atoms with Gasteiger partial charge in [0.25, 0.3) is 5.91 Å². The molecule has 3 N–H and O–H groups in total. The van der Waals surface area contributed by atoms with Crippen molar-refractivity contribution >= 4 is 22.9 Å². The predicted molar refractivity (Wildman–Crippen MR) is 146 cm³/mol. The van der Waals surface area contributed by atoms with E-state index in [1.165, 1.54) is 0 Å². The number of nitrogens with one attached hydrogen (secondary N) is 1. The first-order valence-corrected chi connectivity index (χ1v) is 12.6. The first-order chi connectivity index (χ1) is 19.2. The topological polar surface area (TPSA) is 129 Å². The molecule has 7 rings (SSSR count). The molecule has 5 aromatic heterocycles. The SMILES string of the molecule is Nc1ncccc1-c1nc2ccc(-n3cccn3)nc2n1-c1ccc2c(c1)CC[C@@H]2NC(=O)c1ccccn1. The highest BCUT2D eigenvalue weighted by atomic mass is 16.1. The number of carbonyl (C=O) groups is 1. The standard InChI is InChI=1S/C29H23N9O/c30-26-21(5-3-14-32-26)27-34-23-11-12-25(37-16-4-15-33-37)36-28(23)38(27)19-8-9-20-18(17-19)7-10-22(20)35-29(39)24-6-1-2-13-31-24/h1-6,8-9,11-17,22H,7,10H2,(H2,30,32)(H,35,39)/t22-/m0/s1. The maximum Gasteiger partial charge on any atom is 0.270 e. The summed E-state index contributed by atoms with van der Waals surface area (Å²) in [6.07, 6.45) is 8.50. The Bertz CT molecular complexity index is 1830. The van der Waals surface area contributed by atoms with Crippen LogP contribution in [0.25, 0.3) is 34.1 Å². The van der Waals surface area contributed by atoms with Gasteiger partial charge in [0.1, 0.15) is 17.0 Å². The number of imidazole rings is 1. The van der Waals surface area contributed by atoms with Crippen LogP contribution < -0.4 is 11.1 Å². The number of hydrogen-bond donors (Lipinski definition) is 2. The molecule has 0 aliphatic heterocycles. The van der Waals surface area contributed by atoms with Gasteiger partial charge in [-0.25, -0.2) is 19.6 Å². The quantitative estimate of drug-likeness (QED) is 0.356. The molecule has 0 bridgehead atoms. The smallest absolute Gasteiger partial charge is 0.270 e. The highest BCUT2D eigenvalue weighted by Gasteiger charge is 2.26. The van der Waals surface area contributed by atoms with Gasteiger partial charge in [0.15, 0.2) is 17.3 Å². The number of anilines is 1. The molecule has 0 fully saturated rings. The molecule has 0 spiro atoms. The van der Waals surface area contributed by atoms with Gasteiger partial charge in [-0.05, 0) is 78.6 Å². The van der Waals surface area contributed by atoms with E-state index < -0.39 is 0 Å². The average Bonchev–Trinajstić information content (AvgIpc) is 3.72. The number of rotatable bonds is 5. The second-order valence-corrected chi connectivity index (χ2v) is 9.33. The molecule has 1 aromatic carbocycles. The van der Waals surface area contributed by atoms with E-state index in [4.69, 9.17) is 15.7 Å². The van der Waals surface area contributed by atoms with Crippen LogP contribution in [0.1, 0.15) is 34.1 Å². The summed E-state index contributed by atoms with van der Waals surface area (Å²) in [6, 6.07) is 20.9. The molecule has 10 heteroatoms. The Morgan fingerprint density at radius 1 is 0.949 bits per heavy atom. The van der Waals surface area contributed by atoms with Gasteiger partial charge in [0.2, 0.25) is 0 Å². The molecule has 1 amide bonds. The molecule has 0 saturated carbocycles. The minimum Gasteiger partial charge on any atom is -0.383 e. The molecule has 1 atom stereocenters. The first-order valence-electron chi connectivity index (χ1n) is 12.6. The second kappa shape index (κ2) is 9.18. The van der Waals surface area contributed by atoms with E-state index in [0.717, 1.165) is 40.7 Å². The normalized spacial score (nSPS) is 14.4. The van der Waals surface area contributed by atoms with Crippen molar-refractivity contribution in [2.75, 3.05) is 5.73 Å². The molecule has 39 heavy (non-hydrogen) atoms. The number of nitrogens with zero attached hydrogens (tertiary/aromatic N) is 7. The summed E-state index contributed by atoms with van der Waals surface area (Å²) in [4.78, 5) is 31.0. The largest absolute Gasteiger partial charge is 0.383 e. The van der Waals surface area contributed by atoms with Crippen LogP contribution in [-0.4, -0.2) is 40.2 Å². The van der Waals surface area contributed by atoms with Crippen LogP contribution in [-0.2, 0) is 6.42 Å². The number of fused-ring (bicyclic) bond motifs is 2. The molecular formula is C29H23N9O. The summed E-state index contributed by atoms with van der Waals surface area (Å²) >= 11 is 0. The fraction of sp³-hybridized carbons (Fsp3) is 0.103. The van der Waals surface area contributed by atoms with E-state index in [0.29, 0.717) is 28.8 Å². The summed E-state index contributed by atoms with van der Waals surface area (Å²) in [7, 11) is 0. The molecule has 0 radical (unpaired) electrons. The van der Waals surface area contributed by atoms with Crippen molar-refractivity contribution in [3.05, 3.63) is 108 Å². The monoisotopic (exact) mass is 513 g/mol. The summed E-state index contributed by atoms with van der Waals surface area (Å²) in [5, 5.41) is 7.47. The third-order valence-corrected chi connectivity index (χ3v) is 6.97. The average molecular weight is 514 g/mol. The van der Waals surface area contributed by atoms with E-state index in [1.807, 2.05) is 53.2 Å². The van der Waals surface area contributed by atoms with Crippen LogP contribution in [0.3, 0.4) is 0 Å². The van der Waals surface area contributed by atoms with Crippen LogP contribution in [0.15, 0.2) is 91.5 Å². The van der Waals surface area contributed by atoms with E-state index in [2.05, 4.69) is 32.5 Å². The lowest BCUT2D eigenvalue weighted by molar-refractivity contribution is 0.0931. The molecule has 1 aliphatic rings. The Hall–Kier alpha value is -5.38. The number of hydrogen-bond acceptors (Lipinski definition) is 7. The molecule has 1 aliphatic carbocycles. The number of nitrogens with two attached hydrogens (primary N) is 1. The van der Waals surface area contributed by atoms with Gasteiger partial charge in [-0.1, -0.05) is 12.1 Å². The predicted octanol–water partition coefficient (Wildman–Crippen LogP) is 4.06. The van der Waals surface area contributed by atoms with Crippen molar-refractivity contribution in [1.29, 1.82) is 0 Å². The maximum atomic E-state index is 12.8. The summed E-state index contributed by atoms with van der Waals surface area (Å²) in [5.41, 5.74) is 12.0. The van der Waals surface area contributed by atoms with E-state index in [9.17, 15) is 4.79 Å². The zero-order valence-corrected chi connectivity index (χ0v) is 20.8. The van der Waals surface area contributed by atoms with Gasteiger partial charge in [-0.2, -0.15) is 5.10 Å². The van der Waals surface area contributed by atoms with Gasteiger partial charge in [-0.3, -0.25) is 14.3 Å². The molecule has 0 unspecified atom stereocenters. The van der Waals surface area contributed by atoms with E-state index >= 15 is 0 Å². The Morgan fingerprint density at radius 2 is 1.87 bits per heavy atom. The maximum absolute atomic E-state index is 12.8. The summed E-state index contributed by atoms with van der Waals surface area (Å²) < 4.78 is 3.72. The minimum absolute atomic E-state index is 0.0823. The number of benzene rings is 1. The number of aromatic nitrogens is 7. The van der Waals surface area contributed by atoms with Crippen molar-refractivity contribution in [3.8, 4) is 22.9 Å². The lowest BCUT2D eigenvalue weighted by atomic mass is 10.1. The van der Waals surface area contributed by atoms with Crippen LogP contribution >= 0.6 is 0 Å². The fourth-order valence-corrected chi connectivity index (χ4v) is 5.13. The fourth-order valence-electron chi connectivity index (χ4n) is 5.13. The van der Waals surface area contributed by atoms with Crippen molar-refractivity contribution < 1.29 is 4.79 Å². The summed E-state index contributed by atoms with van der Waals surface area (Å²) in [6.45, 7) is 0. The molecule has 10 nitrogen and oxygen atoms in total. The highest BCUT2D eigenvalue weighted by molar-refractivity contribution is 5.92. The van der Waals surface area contributed by atoms with Crippen LogP contribution in [0.5, 0.6) is 0 Å². The number of carbonyl (C=O) groups excluding carboxylic acids is 1. The Balaban J connectivity index is 1.33. The van der Waals surface area contributed by atoms with Gasteiger partial charge in [0.05, 0.1) is 11.6 Å². The van der Waals surface area contributed by atoms with Crippen molar-refractivity contribution in [2.45, 2.75) is 18.9 Å². The number of pyridine rings is 3. The van der Waals surface area contributed by atoms with E-state index in [-0.39, 0.29) is 11.9 Å². The molecule has 190 valence electrons. The van der Waals surface area contributed by atoms with E-state index in [1.54, 1.807) is 35.4 Å². The first kappa shape index (κ1) is 22.8. The third-order valence-electron chi connectivity index (χ3n) is 6.97. The molecular weight excluding hydrogens is 490 g/mol. The van der Waals surface area contributed by atoms with Gasteiger partial charge in [0, 0.05) is 30.5 Å². The number of nitrogen functional groups attached to an aromatic ring is 1. The third kappa shape index (κ3) is 3.98. The number of aryl methyl sites for hydroxylation is 1. The van der Waals surface area contributed by atoms with Crippen molar-refractivity contribution in [1.82, 2.24) is 39.6 Å². The number of amides is 1. The highest BCUT2D eigenvalue weighted by Crippen LogP contribution is 2.36. The Labute approximate surface area is 223 Å². The van der Waals surface area contributed by atoms with Crippen LogP contribution in [0.2, 0.25) is 0 Å². The lowest BCUT2D eigenvalue weighted by Crippen LogP contribution is -2.27. The Morgan fingerprint density at radius 3 is 2.69 bits per heavy atom. The van der Waals surface area contributed by atoms with Crippen LogP contribution in [0, 0.1) is 0 Å². The zero-order chi connectivity index (χ0) is 26.3. The van der Waals surface area contributed by atoms with Gasteiger partial charge >= 0.3 is 0 Å². The van der Waals surface area contributed by atoms with Crippen molar-refractivity contribution in [2.24, 2.45) is 0 Å². The second-order valence-electron chi connectivity index (χ2n) is 9.33. The van der Waals surface area contributed by atoms with Crippen molar-refractivity contribution in [3.63, 3.8) is 0 Å². The zero-order valence-electron chi connectivity index (χ0n) is 20.8. The molecule has 5 heterocycles. The molecule has 0 saturated heterocycles. The van der Waals surface area contributed by atoms with Crippen LogP contribution in [0.4, 0.5) is 5.82 Å². The minimum atomic E-state index is -0.178. The molecule has 6 aromatic rings. The van der Waals surface area contributed by atoms with Gasteiger partial charge < -0.3 is 11.1 Å².